The molecule has 0 bridgehead atoms. The van der Waals surface area contributed by atoms with E-state index in [2.05, 4.69) is 0 Å². The van der Waals surface area contributed by atoms with E-state index in [1.165, 1.54) is 4.90 Å². The van der Waals surface area contributed by atoms with E-state index >= 15 is 0 Å². The van der Waals surface area contributed by atoms with Crippen LogP contribution in [0.15, 0.2) is 0 Å². The van der Waals surface area contributed by atoms with E-state index in [0.717, 1.165) is 38.5 Å². The Hall–Kier alpha value is -1.19. The predicted molar refractivity (Wildman–Crippen MR) is 71.3 cm³/mol. The molecule has 1 saturated heterocycles. The summed E-state index contributed by atoms with van der Waals surface area (Å²) in [6.45, 7) is 3.67. The number of rotatable bonds is 4. The van der Waals surface area contributed by atoms with Gasteiger partial charge in [0.25, 0.3) is 0 Å². The third-order valence-electron chi connectivity index (χ3n) is 4.55. The molecule has 2 fully saturated rings. The molecule has 0 aromatic carbocycles. The molecule has 4 heteroatoms. The maximum absolute atomic E-state index is 12.3. The Bertz CT molecular complexity index is 383. The third-order valence-corrected chi connectivity index (χ3v) is 4.55. The summed E-state index contributed by atoms with van der Waals surface area (Å²) in [5.41, 5.74) is 0. The first-order valence-electron chi connectivity index (χ1n) is 7.41. The fraction of sp³-hybridized carbons (Fsp3) is 0.800. The largest absolute Gasteiger partial charge is 0.300 e. The van der Waals surface area contributed by atoms with E-state index in [9.17, 15) is 14.4 Å². The summed E-state index contributed by atoms with van der Waals surface area (Å²) in [7, 11) is 0. The third kappa shape index (κ3) is 2.88. The summed E-state index contributed by atoms with van der Waals surface area (Å²) < 4.78 is 0. The quantitative estimate of drug-likeness (QED) is 0.733. The van der Waals surface area contributed by atoms with Crippen LogP contribution < -0.4 is 0 Å². The fourth-order valence-electron chi connectivity index (χ4n) is 3.41. The maximum atomic E-state index is 12.3. The lowest BCUT2D eigenvalue weighted by atomic mass is 9.83. The van der Waals surface area contributed by atoms with Crippen molar-refractivity contribution >= 4 is 17.6 Å². The van der Waals surface area contributed by atoms with Crippen LogP contribution in [0.25, 0.3) is 0 Å². The summed E-state index contributed by atoms with van der Waals surface area (Å²) in [4.78, 5) is 37.1. The molecular weight excluding hydrogens is 242 g/mol. The lowest BCUT2D eigenvalue weighted by Crippen LogP contribution is -2.43. The second-order valence-corrected chi connectivity index (χ2v) is 5.91. The van der Waals surface area contributed by atoms with Crippen LogP contribution in [0, 0.1) is 11.8 Å². The number of nitrogens with zero attached hydrogens (tertiary/aromatic N) is 1. The van der Waals surface area contributed by atoms with Crippen molar-refractivity contribution in [2.75, 3.05) is 0 Å². The van der Waals surface area contributed by atoms with Crippen molar-refractivity contribution in [3.05, 3.63) is 0 Å². The first-order chi connectivity index (χ1) is 9.04. The highest BCUT2D eigenvalue weighted by molar-refractivity contribution is 6.03. The Balaban J connectivity index is 1.97. The predicted octanol–water partition coefficient (Wildman–Crippen LogP) is 2.31. The minimum absolute atomic E-state index is 0.00488. The molecule has 1 saturated carbocycles. The van der Waals surface area contributed by atoms with Crippen LogP contribution in [-0.2, 0) is 14.4 Å². The number of hydrogen-bond acceptors (Lipinski definition) is 3. The van der Waals surface area contributed by atoms with Gasteiger partial charge in [-0.3, -0.25) is 19.3 Å². The van der Waals surface area contributed by atoms with Crippen molar-refractivity contribution in [1.82, 2.24) is 4.90 Å². The smallest absolute Gasteiger partial charge is 0.233 e. The van der Waals surface area contributed by atoms with Gasteiger partial charge in [-0.1, -0.05) is 13.3 Å². The van der Waals surface area contributed by atoms with Crippen molar-refractivity contribution in [1.29, 1.82) is 0 Å². The zero-order valence-electron chi connectivity index (χ0n) is 11.9. The molecular formula is C15H23NO3. The Kier molecular flexibility index (Phi) is 4.38. The molecule has 19 heavy (non-hydrogen) atoms. The second-order valence-electron chi connectivity index (χ2n) is 5.91. The van der Waals surface area contributed by atoms with Gasteiger partial charge in [0.1, 0.15) is 5.78 Å². The molecule has 2 amide bonds. The van der Waals surface area contributed by atoms with Gasteiger partial charge in [0.15, 0.2) is 0 Å². The van der Waals surface area contributed by atoms with Gasteiger partial charge in [0.05, 0.1) is 0 Å². The lowest BCUT2D eigenvalue weighted by Gasteiger charge is -2.32. The minimum Gasteiger partial charge on any atom is -0.300 e. The van der Waals surface area contributed by atoms with Crippen LogP contribution >= 0.6 is 0 Å². The topological polar surface area (TPSA) is 54.5 Å². The van der Waals surface area contributed by atoms with Crippen LogP contribution in [0.1, 0.15) is 58.8 Å². The lowest BCUT2D eigenvalue weighted by molar-refractivity contribution is -0.143. The fourth-order valence-corrected chi connectivity index (χ4v) is 3.41. The van der Waals surface area contributed by atoms with E-state index in [-0.39, 0.29) is 35.5 Å². The van der Waals surface area contributed by atoms with Crippen LogP contribution in [0.4, 0.5) is 0 Å². The van der Waals surface area contributed by atoms with Crippen LogP contribution in [0.3, 0.4) is 0 Å². The van der Waals surface area contributed by atoms with Gasteiger partial charge >= 0.3 is 0 Å². The van der Waals surface area contributed by atoms with Crippen molar-refractivity contribution in [2.45, 2.75) is 64.8 Å². The summed E-state index contributed by atoms with van der Waals surface area (Å²) in [6.07, 6.45) is 5.35. The molecule has 1 unspecified atom stereocenters. The van der Waals surface area contributed by atoms with Gasteiger partial charge in [-0.2, -0.15) is 0 Å². The number of imide groups is 1. The van der Waals surface area contributed by atoms with Gasteiger partial charge in [0, 0.05) is 24.3 Å². The van der Waals surface area contributed by atoms with Crippen molar-refractivity contribution in [3.63, 3.8) is 0 Å². The Morgan fingerprint density at radius 1 is 1.21 bits per heavy atom. The van der Waals surface area contributed by atoms with E-state index in [4.69, 9.17) is 0 Å². The van der Waals surface area contributed by atoms with E-state index in [1.54, 1.807) is 6.92 Å². The summed E-state index contributed by atoms with van der Waals surface area (Å²) in [5.74, 6) is 0.299. The Morgan fingerprint density at radius 2 is 1.84 bits per heavy atom. The zero-order chi connectivity index (χ0) is 14.0. The molecule has 1 atom stereocenters. The molecule has 2 aliphatic rings. The number of hydrogen-bond donors (Lipinski definition) is 0. The summed E-state index contributed by atoms with van der Waals surface area (Å²) in [6, 6.07) is 0.0393. The first kappa shape index (κ1) is 14.2. The van der Waals surface area contributed by atoms with Crippen LogP contribution in [0.5, 0.6) is 0 Å². The van der Waals surface area contributed by atoms with Gasteiger partial charge in [-0.15, -0.1) is 0 Å². The summed E-state index contributed by atoms with van der Waals surface area (Å²) >= 11 is 0. The second kappa shape index (κ2) is 5.85. The van der Waals surface area contributed by atoms with Crippen LogP contribution in [0.2, 0.25) is 0 Å². The number of carbonyl (C=O) groups is 3. The molecule has 0 aromatic heterocycles. The first-order valence-corrected chi connectivity index (χ1v) is 7.41. The Morgan fingerprint density at radius 3 is 2.37 bits per heavy atom. The summed E-state index contributed by atoms with van der Waals surface area (Å²) in [5, 5.41) is 0. The van der Waals surface area contributed by atoms with Crippen molar-refractivity contribution in [2.24, 2.45) is 11.8 Å². The zero-order valence-corrected chi connectivity index (χ0v) is 11.9. The van der Waals surface area contributed by atoms with Crippen molar-refractivity contribution < 1.29 is 14.4 Å². The highest BCUT2D eigenvalue weighted by atomic mass is 16.2. The average molecular weight is 265 g/mol. The van der Waals surface area contributed by atoms with Gasteiger partial charge in [0.2, 0.25) is 11.8 Å². The SMILES string of the molecule is CCCC1CC(=O)N(C2CCC(C(C)=O)CC2)C1=O. The van der Waals surface area contributed by atoms with E-state index in [1.807, 2.05) is 6.92 Å². The normalized spacial score (nSPS) is 31.9. The molecule has 4 nitrogen and oxygen atoms in total. The molecule has 1 aliphatic carbocycles. The number of carbonyl (C=O) groups excluding carboxylic acids is 3. The molecule has 0 radical (unpaired) electrons. The molecule has 0 N–H and O–H groups in total. The van der Waals surface area contributed by atoms with Gasteiger partial charge < -0.3 is 0 Å². The van der Waals surface area contributed by atoms with E-state index < -0.39 is 0 Å². The molecule has 1 aliphatic heterocycles. The Labute approximate surface area is 114 Å². The average Bonchev–Trinajstić information content (AvgIpc) is 2.65. The number of amides is 2. The minimum atomic E-state index is -0.0944. The molecule has 1 heterocycles. The number of likely N-dealkylation sites (tertiary alicyclic amines) is 1. The standard InChI is InChI=1S/C15H23NO3/c1-3-4-12-9-14(18)16(15(12)19)13-7-5-11(6-8-13)10(2)17/h11-13H,3-9H2,1-2H3. The highest BCUT2D eigenvalue weighted by Crippen LogP contribution is 2.33. The highest BCUT2D eigenvalue weighted by Gasteiger charge is 2.42. The molecule has 106 valence electrons. The molecule has 2 rings (SSSR count). The van der Waals surface area contributed by atoms with Crippen LogP contribution in [-0.4, -0.2) is 28.5 Å². The monoisotopic (exact) mass is 265 g/mol. The van der Waals surface area contributed by atoms with Crippen molar-refractivity contribution in [3.8, 4) is 0 Å². The van der Waals surface area contributed by atoms with Gasteiger partial charge in [-0.05, 0) is 39.0 Å². The van der Waals surface area contributed by atoms with Gasteiger partial charge in [-0.25, -0.2) is 0 Å². The number of Topliss-reactive ketones (excluding diaryl/α,β-unsaturated/α-hetero) is 1. The van der Waals surface area contributed by atoms with E-state index in [0.29, 0.717) is 6.42 Å². The number of ketones is 1. The molecule has 0 aromatic rings. The maximum Gasteiger partial charge on any atom is 0.233 e. The molecule has 0 spiro atoms.